The zero-order chi connectivity index (χ0) is 13.9. The Balaban J connectivity index is 3.25. The highest BCUT2D eigenvalue weighted by atomic mass is 79.9. The number of aliphatic hydroxyl groups excluding tert-OH is 1. The van der Waals surface area contributed by atoms with E-state index in [1.165, 1.54) is 18.2 Å². The summed E-state index contributed by atoms with van der Waals surface area (Å²) < 4.78 is 0. The zero-order valence-corrected chi connectivity index (χ0v) is 11.0. The number of carbonyl (C=O) groups excluding carboxylic acids is 1. The Morgan fingerprint density at radius 2 is 2.06 bits per heavy atom. The van der Waals surface area contributed by atoms with E-state index in [1.54, 1.807) is 13.0 Å². The molecular formula is C12H10BrNO4. The molecule has 5 nitrogen and oxygen atoms in total. The zero-order valence-electron chi connectivity index (χ0n) is 9.42. The van der Waals surface area contributed by atoms with E-state index >= 15 is 0 Å². The molecule has 94 valence electrons. The highest BCUT2D eigenvalue weighted by Crippen LogP contribution is 2.21. The van der Waals surface area contributed by atoms with E-state index in [1.807, 2.05) is 0 Å². The third-order valence-electron chi connectivity index (χ3n) is 2.35. The van der Waals surface area contributed by atoms with Crippen LogP contribution in [0.3, 0.4) is 0 Å². The number of hydrogen-bond donors (Lipinski definition) is 2. The van der Waals surface area contributed by atoms with E-state index in [-0.39, 0.29) is 22.5 Å². The second-order valence-electron chi connectivity index (χ2n) is 3.63. The Morgan fingerprint density at radius 3 is 2.50 bits per heavy atom. The highest BCUT2D eigenvalue weighted by molar-refractivity contribution is 9.10. The van der Waals surface area contributed by atoms with Crippen molar-refractivity contribution in [2.24, 2.45) is 0 Å². The summed E-state index contributed by atoms with van der Waals surface area (Å²) in [5.41, 5.74) is 0.241. The average molecular weight is 312 g/mol. The van der Waals surface area contributed by atoms with Crippen molar-refractivity contribution in [1.82, 2.24) is 0 Å². The molecule has 0 aliphatic heterocycles. The number of aliphatic hydroxyl groups is 1. The average Bonchev–Trinajstić information content (AvgIpc) is 2.35. The number of nitrogens with zero attached hydrogens (tertiary/aromatic N) is 1. The minimum absolute atomic E-state index is 0.0242. The van der Waals surface area contributed by atoms with Crippen LogP contribution >= 0.6 is 15.9 Å². The van der Waals surface area contributed by atoms with Gasteiger partial charge in [0, 0.05) is 11.1 Å². The number of halogens is 1. The molecule has 0 amide bonds. The SMILES string of the molecule is CC(Br)C(=O)c1ccc(C(O)C(=O)O)c(C#N)c1. The van der Waals surface area contributed by atoms with Crippen LogP contribution in [-0.4, -0.2) is 26.8 Å². The summed E-state index contributed by atoms with van der Waals surface area (Å²) in [6, 6.07) is 5.72. The molecule has 0 aliphatic rings. The minimum Gasteiger partial charge on any atom is -0.479 e. The van der Waals surface area contributed by atoms with E-state index in [0.717, 1.165) is 0 Å². The number of alkyl halides is 1. The van der Waals surface area contributed by atoms with Crippen LogP contribution in [0, 0.1) is 11.3 Å². The Bertz CT molecular complexity index is 533. The molecule has 1 aromatic carbocycles. The maximum Gasteiger partial charge on any atom is 0.337 e. The van der Waals surface area contributed by atoms with Crippen molar-refractivity contribution >= 4 is 27.7 Å². The van der Waals surface area contributed by atoms with Gasteiger partial charge in [0.15, 0.2) is 11.9 Å². The molecule has 2 N–H and O–H groups in total. The van der Waals surface area contributed by atoms with E-state index < -0.39 is 16.9 Å². The largest absolute Gasteiger partial charge is 0.479 e. The first-order valence-corrected chi connectivity index (χ1v) is 5.93. The fraction of sp³-hybridized carbons (Fsp3) is 0.250. The summed E-state index contributed by atoms with van der Waals surface area (Å²) in [5, 5.41) is 27.0. The van der Waals surface area contributed by atoms with E-state index in [2.05, 4.69) is 15.9 Å². The molecule has 0 radical (unpaired) electrons. The first kappa shape index (κ1) is 14.4. The van der Waals surface area contributed by atoms with Crippen LogP contribution < -0.4 is 0 Å². The lowest BCUT2D eigenvalue weighted by Gasteiger charge is -2.10. The molecule has 0 saturated heterocycles. The lowest BCUT2D eigenvalue weighted by atomic mass is 9.98. The first-order chi connectivity index (χ1) is 8.38. The number of Topliss-reactive ketones (excluding diaryl/α,β-unsaturated/α-hetero) is 1. The lowest BCUT2D eigenvalue weighted by molar-refractivity contribution is -0.146. The summed E-state index contributed by atoms with van der Waals surface area (Å²) in [7, 11) is 0. The van der Waals surface area contributed by atoms with E-state index in [0.29, 0.717) is 0 Å². The monoisotopic (exact) mass is 311 g/mol. The number of carbonyl (C=O) groups is 2. The molecule has 2 atom stereocenters. The summed E-state index contributed by atoms with van der Waals surface area (Å²) in [4.78, 5) is 22.0. The lowest BCUT2D eigenvalue weighted by Crippen LogP contribution is -2.14. The molecular weight excluding hydrogens is 302 g/mol. The standard InChI is InChI=1S/C12H10BrNO4/c1-6(13)10(15)7-2-3-9(8(4-7)5-14)11(16)12(17)18/h2-4,6,11,16H,1H3,(H,17,18). The van der Waals surface area contributed by atoms with Crippen molar-refractivity contribution in [3.63, 3.8) is 0 Å². The summed E-state index contributed by atoms with van der Waals surface area (Å²) in [5.74, 6) is -1.66. The predicted octanol–water partition coefficient (Wildman–Crippen LogP) is 1.64. The summed E-state index contributed by atoms with van der Waals surface area (Å²) >= 11 is 3.12. The van der Waals surface area contributed by atoms with Crippen LogP contribution in [0.15, 0.2) is 18.2 Å². The van der Waals surface area contributed by atoms with E-state index in [4.69, 9.17) is 10.4 Å². The molecule has 0 bridgehead atoms. The predicted molar refractivity (Wildman–Crippen MR) is 66.5 cm³/mol. The molecule has 18 heavy (non-hydrogen) atoms. The number of nitriles is 1. The van der Waals surface area contributed by atoms with Crippen molar-refractivity contribution in [2.45, 2.75) is 17.9 Å². The van der Waals surface area contributed by atoms with Gasteiger partial charge in [-0.05, 0) is 13.0 Å². The second kappa shape index (κ2) is 5.76. The number of hydrogen-bond acceptors (Lipinski definition) is 4. The number of carboxylic acids is 1. The molecule has 0 aromatic heterocycles. The van der Waals surface area contributed by atoms with Gasteiger partial charge >= 0.3 is 5.97 Å². The smallest absolute Gasteiger partial charge is 0.337 e. The van der Waals surface area contributed by atoms with Gasteiger partial charge < -0.3 is 10.2 Å². The van der Waals surface area contributed by atoms with Crippen LogP contribution in [0.2, 0.25) is 0 Å². The third kappa shape index (κ3) is 2.94. The normalized spacial score (nSPS) is 13.4. The van der Waals surface area contributed by atoms with Crippen molar-refractivity contribution in [3.05, 3.63) is 34.9 Å². The van der Waals surface area contributed by atoms with Crippen LogP contribution in [0.5, 0.6) is 0 Å². The topological polar surface area (TPSA) is 98.4 Å². The Morgan fingerprint density at radius 1 is 1.44 bits per heavy atom. The quantitative estimate of drug-likeness (QED) is 0.650. The van der Waals surface area contributed by atoms with Crippen LogP contribution in [0.1, 0.15) is 34.5 Å². The Kier molecular flexibility index (Phi) is 4.59. The number of ketones is 1. The summed E-state index contributed by atoms with van der Waals surface area (Å²) in [6.45, 7) is 1.65. The number of aliphatic carboxylic acids is 1. The van der Waals surface area contributed by atoms with Crippen LogP contribution in [0.4, 0.5) is 0 Å². The Hall–Kier alpha value is -1.71. The molecule has 2 unspecified atom stereocenters. The maximum atomic E-state index is 11.7. The van der Waals surface area contributed by atoms with Crippen molar-refractivity contribution in [3.8, 4) is 6.07 Å². The van der Waals surface area contributed by atoms with Gasteiger partial charge in [0.05, 0.1) is 16.5 Å². The summed E-state index contributed by atoms with van der Waals surface area (Å²) in [6.07, 6.45) is -1.77. The fourth-order valence-corrected chi connectivity index (χ4v) is 1.67. The van der Waals surface area contributed by atoms with Crippen LogP contribution in [0.25, 0.3) is 0 Å². The molecule has 0 fully saturated rings. The van der Waals surface area contributed by atoms with Gasteiger partial charge in [-0.15, -0.1) is 0 Å². The van der Waals surface area contributed by atoms with Crippen molar-refractivity contribution < 1.29 is 19.8 Å². The maximum absolute atomic E-state index is 11.7. The highest BCUT2D eigenvalue weighted by Gasteiger charge is 2.21. The van der Waals surface area contributed by atoms with Gasteiger partial charge in [0.25, 0.3) is 0 Å². The van der Waals surface area contributed by atoms with Crippen molar-refractivity contribution in [2.75, 3.05) is 0 Å². The molecule has 1 rings (SSSR count). The van der Waals surface area contributed by atoms with Gasteiger partial charge in [0.1, 0.15) is 0 Å². The first-order valence-electron chi connectivity index (χ1n) is 5.01. The molecule has 0 spiro atoms. The van der Waals surface area contributed by atoms with Gasteiger partial charge in [-0.3, -0.25) is 4.79 Å². The number of benzene rings is 1. The van der Waals surface area contributed by atoms with Gasteiger partial charge in [-0.25, -0.2) is 4.79 Å². The Labute approximate surface area is 112 Å². The second-order valence-corrected chi connectivity index (χ2v) is 5.01. The van der Waals surface area contributed by atoms with E-state index in [9.17, 15) is 14.7 Å². The third-order valence-corrected chi connectivity index (χ3v) is 2.76. The van der Waals surface area contributed by atoms with Crippen molar-refractivity contribution in [1.29, 1.82) is 5.26 Å². The van der Waals surface area contributed by atoms with Gasteiger partial charge in [-0.2, -0.15) is 5.26 Å². The molecule has 0 aliphatic carbocycles. The van der Waals surface area contributed by atoms with Crippen LogP contribution in [-0.2, 0) is 4.79 Å². The molecule has 0 heterocycles. The molecule has 1 aromatic rings. The number of carboxylic acid groups (broad SMARTS) is 1. The minimum atomic E-state index is -1.77. The molecule has 6 heteroatoms. The fourth-order valence-electron chi connectivity index (χ4n) is 1.41. The van der Waals surface area contributed by atoms with Gasteiger partial charge in [-0.1, -0.05) is 28.1 Å². The molecule has 0 saturated carbocycles. The number of rotatable bonds is 4. The van der Waals surface area contributed by atoms with Gasteiger partial charge in [0.2, 0.25) is 0 Å².